The van der Waals surface area contributed by atoms with Crippen molar-refractivity contribution in [3.8, 4) is 0 Å². The van der Waals surface area contributed by atoms with Crippen LogP contribution in [0.3, 0.4) is 0 Å². The minimum Gasteiger partial charge on any atom is -0.342 e. The Morgan fingerprint density at radius 1 is 1.13 bits per heavy atom. The van der Waals surface area contributed by atoms with Gasteiger partial charge in [-0.2, -0.15) is 0 Å². The molecule has 90 valence electrons. The molecule has 0 unspecified atom stereocenters. The highest BCUT2D eigenvalue weighted by atomic mass is 16.2. The molecule has 0 aromatic heterocycles. The molecule has 0 rings (SSSR count). The highest BCUT2D eigenvalue weighted by Gasteiger charge is 2.18. The van der Waals surface area contributed by atoms with Crippen molar-refractivity contribution >= 4 is 5.91 Å². The lowest BCUT2D eigenvalue weighted by atomic mass is 10.1. The van der Waals surface area contributed by atoms with E-state index in [1.165, 1.54) is 0 Å². The van der Waals surface area contributed by atoms with Crippen LogP contribution in [0.4, 0.5) is 0 Å². The summed E-state index contributed by atoms with van der Waals surface area (Å²) in [6, 6.07) is 0. The molecule has 0 bridgehead atoms. The van der Waals surface area contributed by atoms with Gasteiger partial charge < -0.3 is 4.90 Å². The average molecular weight is 214 g/mol. The second-order valence-corrected chi connectivity index (χ2v) is 4.92. The van der Waals surface area contributed by atoms with Crippen LogP contribution in [0, 0.1) is 0 Å². The van der Waals surface area contributed by atoms with Gasteiger partial charge in [0.15, 0.2) is 0 Å². The van der Waals surface area contributed by atoms with E-state index >= 15 is 0 Å². The number of amides is 1. The molecule has 0 aromatic rings. The molecule has 0 radical (unpaired) electrons. The standard InChI is InChI=1S/C12H26N2O/c1-7-11(15)14(8-2)10-9-13(6)12(3,4)5/h7-10H2,1-6H3. The summed E-state index contributed by atoms with van der Waals surface area (Å²) >= 11 is 0. The third kappa shape index (κ3) is 5.17. The van der Waals surface area contributed by atoms with Gasteiger partial charge in [-0.3, -0.25) is 9.69 Å². The Balaban J connectivity index is 4.07. The highest BCUT2D eigenvalue weighted by Crippen LogP contribution is 2.09. The lowest BCUT2D eigenvalue weighted by molar-refractivity contribution is -0.131. The Bertz CT molecular complexity index is 196. The van der Waals surface area contributed by atoms with Crippen molar-refractivity contribution in [3.05, 3.63) is 0 Å². The molecule has 1 amide bonds. The Kier molecular flexibility index (Phi) is 5.88. The van der Waals surface area contributed by atoms with E-state index in [9.17, 15) is 4.79 Å². The second kappa shape index (κ2) is 6.11. The third-order valence-corrected chi connectivity index (χ3v) is 2.89. The first kappa shape index (κ1) is 14.4. The third-order valence-electron chi connectivity index (χ3n) is 2.89. The lowest BCUT2D eigenvalue weighted by Crippen LogP contribution is -2.44. The van der Waals surface area contributed by atoms with Crippen molar-refractivity contribution in [2.45, 2.75) is 46.6 Å². The molecule has 0 spiro atoms. The summed E-state index contributed by atoms with van der Waals surface area (Å²) < 4.78 is 0. The lowest BCUT2D eigenvalue weighted by Gasteiger charge is -2.33. The molecule has 0 heterocycles. The SMILES string of the molecule is CCC(=O)N(CC)CCN(C)C(C)(C)C. The normalized spacial score (nSPS) is 11.9. The van der Waals surface area contributed by atoms with Gasteiger partial charge in [-0.15, -0.1) is 0 Å². The van der Waals surface area contributed by atoms with E-state index in [2.05, 4.69) is 32.7 Å². The Morgan fingerprint density at radius 2 is 1.67 bits per heavy atom. The minimum absolute atomic E-state index is 0.175. The van der Waals surface area contributed by atoms with Crippen LogP contribution in [0.5, 0.6) is 0 Å². The van der Waals surface area contributed by atoms with Crippen molar-refractivity contribution in [2.75, 3.05) is 26.7 Å². The summed E-state index contributed by atoms with van der Waals surface area (Å²) in [6.07, 6.45) is 0.604. The van der Waals surface area contributed by atoms with Crippen molar-refractivity contribution < 1.29 is 4.79 Å². The summed E-state index contributed by atoms with van der Waals surface area (Å²) in [5.41, 5.74) is 0.175. The first-order valence-electron chi connectivity index (χ1n) is 5.82. The Labute approximate surface area is 94.4 Å². The van der Waals surface area contributed by atoms with E-state index < -0.39 is 0 Å². The molecule has 0 aliphatic heterocycles. The maximum Gasteiger partial charge on any atom is 0.222 e. The summed E-state index contributed by atoms with van der Waals surface area (Å²) in [6.45, 7) is 13.1. The van der Waals surface area contributed by atoms with Gasteiger partial charge in [0.05, 0.1) is 0 Å². The zero-order chi connectivity index (χ0) is 12.1. The first-order chi connectivity index (χ1) is 6.82. The van der Waals surface area contributed by atoms with Gasteiger partial charge in [0.2, 0.25) is 5.91 Å². The molecule has 0 atom stereocenters. The summed E-state index contributed by atoms with van der Waals surface area (Å²) in [7, 11) is 2.10. The van der Waals surface area contributed by atoms with E-state index in [-0.39, 0.29) is 11.4 Å². The number of hydrogen-bond donors (Lipinski definition) is 0. The number of hydrogen-bond acceptors (Lipinski definition) is 2. The predicted molar refractivity (Wildman–Crippen MR) is 64.9 cm³/mol. The predicted octanol–water partition coefficient (Wildman–Crippen LogP) is 1.98. The summed E-state index contributed by atoms with van der Waals surface area (Å²) in [4.78, 5) is 15.7. The van der Waals surface area contributed by atoms with Gasteiger partial charge in [0.25, 0.3) is 0 Å². The van der Waals surface area contributed by atoms with Crippen molar-refractivity contribution in [3.63, 3.8) is 0 Å². The summed E-state index contributed by atoms with van der Waals surface area (Å²) in [5.74, 6) is 0.250. The van der Waals surface area contributed by atoms with Gasteiger partial charge in [-0.05, 0) is 34.7 Å². The zero-order valence-corrected chi connectivity index (χ0v) is 11.1. The zero-order valence-electron chi connectivity index (χ0n) is 11.1. The van der Waals surface area contributed by atoms with Crippen molar-refractivity contribution in [2.24, 2.45) is 0 Å². The minimum atomic E-state index is 0.175. The van der Waals surface area contributed by atoms with Crippen LogP contribution < -0.4 is 0 Å². The van der Waals surface area contributed by atoms with Gasteiger partial charge in [-0.1, -0.05) is 6.92 Å². The number of likely N-dealkylation sites (N-methyl/N-ethyl adjacent to an activating group) is 2. The van der Waals surface area contributed by atoms with Crippen LogP contribution in [0.2, 0.25) is 0 Å². The number of carbonyl (C=O) groups excluding carboxylic acids is 1. The van der Waals surface area contributed by atoms with Crippen molar-refractivity contribution in [1.82, 2.24) is 9.80 Å². The van der Waals surface area contributed by atoms with E-state index in [0.29, 0.717) is 6.42 Å². The Morgan fingerprint density at radius 3 is 2.00 bits per heavy atom. The van der Waals surface area contributed by atoms with E-state index in [1.54, 1.807) is 0 Å². The fourth-order valence-electron chi connectivity index (χ4n) is 1.29. The molecular weight excluding hydrogens is 188 g/mol. The molecule has 0 saturated heterocycles. The van der Waals surface area contributed by atoms with Gasteiger partial charge in [0.1, 0.15) is 0 Å². The molecule has 15 heavy (non-hydrogen) atoms. The molecule has 0 fully saturated rings. The fraction of sp³-hybridized carbons (Fsp3) is 0.917. The monoisotopic (exact) mass is 214 g/mol. The topological polar surface area (TPSA) is 23.6 Å². The highest BCUT2D eigenvalue weighted by molar-refractivity contribution is 5.75. The molecule has 3 nitrogen and oxygen atoms in total. The van der Waals surface area contributed by atoms with Gasteiger partial charge >= 0.3 is 0 Å². The van der Waals surface area contributed by atoms with Crippen LogP contribution in [-0.2, 0) is 4.79 Å². The molecule has 0 aliphatic carbocycles. The number of nitrogens with zero attached hydrogens (tertiary/aromatic N) is 2. The second-order valence-electron chi connectivity index (χ2n) is 4.92. The van der Waals surface area contributed by atoms with Gasteiger partial charge in [0, 0.05) is 31.6 Å². The molecular formula is C12H26N2O. The van der Waals surface area contributed by atoms with Crippen LogP contribution in [0.1, 0.15) is 41.0 Å². The van der Waals surface area contributed by atoms with Crippen LogP contribution in [0.15, 0.2) is 0 Å². The van der Waals surface area contributed by atoms with E-state index in [0.717, 1.165) is 19.6 Å². The van der Waals surface area contributed by atoms with Crippen molar-refractivity contribution in [1.29, 1.82) is 0 Å². The Hall–Kier alpha value is -0.570. The maximum atomic E-state index is 11.5. The average Bonchev–Trinajstić information content (AvgIpc) is 2.16. The molecule has 0 saturated carbocycles. The van der Waals surface area contributed by atoms with Gasteiger partial charge in [-0.25, -0.2) is 0 Å². The van der Waals surface area contributed by atoms with Crippen LogP contribution in [-0.4, -0.2) is 47.9 Å². The number of rotatable bonds is 5. The van der Waals surface area contributed by atoms with E-state index in [4.69, 9.17) is 0 Å². The smallest absolute Gasteiger partial charge is 0.222 e. The fourth-order valence-corrected chi connectivity index (χ4v) is 1.29. The maximum absolute atomic E-state index is 11.5. The summed E-state index contributed by atoms with van der Waals surface area (Å²) in [5, 5.41) is 0. The largest absolute Gasteiger partial charge is 0.342 e. The van der Waals surface area contributed by atoms with Crippen LogP contribution in [0.25, 0.3) is 0 Å². The molecule has 0 N–H and O–H groups in total. The molecule has 0 aliphatic rings. The first-order valence-corrected chi connectivity index (χ1v) is 5.82. The molecule has 0 aromatic carbocycles. The quantitative estimate of drug-likeness (QED) is 0.698. The molecule has 3 heteroatoms. The number of carbonyl (C=O) groups is 1. The van der Waals surface area contributed by atoms with E-state index in [1.807, 2.05) is 18.7 Å². The van der Waals surface area contributed by atoms with Crippen LogP contribution >= 0.6 is 0 Å².